The lowest BCUT2D eigenvalue weighted by Crippen LogP contribution is -2.07. The number of hydrogen-bond donors (Lipinski definition) is 1. The van der Waals surface area contributed by atoms with Gasteiger partial charge in [0, 0.05) is 12.1 Å². The molecular formula is C9H11BrFNO. The molecular weight excluding hydrogens is 237 g/mol. The molecule has 1 N–H and O–H groups in total. The summed E-state index contributed by atoms with van der Waals surface area (Å²) in [5.74, 6) is -0.0565. The third-order valence-corrected chi connectivity index (χ3v) is 2.32. The Bertz CT molecular complexity index is 304. The number of methoxy groups -OCH3 is 1. The number of halogens is 2. The molecule has 2 nitrogen and oxygen atoms in total. The van der Waals surface area contributed by atoms with Gasteiger partial charge in [-0.3, -0.25) is 0 Å². The Morgan fingerprint density at radius 1 is 1.54 bits per heavy atom. The van der Waals surface area contributed by atoms with E-state index in [4.69, 9.17) is 4.74 Å². The molecule has 0 bridgehead atoms. The van der Waals surface area contributed by atoms with Crippen LogP contribution in [-0.4, -0.2) is 14.2 Å². The third-order valence-electron chi connectivity index (χ3n) is 1.70. The van der Waals surface area contributed by atoms with Gasteiger partial charge in [0.25, 0.3) is 0 Å². The maximum atomic E-state index is 13.4. The predicted octanol–water partition coefficient (Wildman–Crippen LogP) is 2.32. The molecule has 1 rings (SSSR count). The Hall–Kier alpha value is -0.610. The average molecular weight is 248 g/mol. The first-order valence-electron chi connectivity index (χ1n) is 3.86. The first-order chi connectivity index (χ1) is 6.20. The lowest BCUT2D eigenvalue weighted by atomic mass is 10.2. The van der Waals surface area contributed by atoms with Crippen LogP contribution in [0.15, 0.2) is 16.6 Å². The molecule has 1 aromatic rings. The quantitative estimate of drug-likeness (QED) is 0.886. The highest BCUT2D eigenvalue weighted by atomic mass is 79.9. The molecule has 0 spiro atoms. The highest BCUT2D eigenvalue weighted by Gasteiger charge is 2.11. The number of ether oxygens (including phenoxy) is 1. The minimum atomic E-state index is -0.352. The molecule has 0 radical (unpaired) electrons. The highest BCUT2D eigenvalue weighted by Crippen LogP contribution is 2.28. The van der Waals surface area contributed by atoms with Crippen LogP contribution in [0.25, 0.3) is 0 Å². The molecule has 1 aromatic carbocycles. The summed E-state index contributed by atoms with van der Waals surface area (Å²) in [6.45, 7) is 0.591. The molecule has 0 fully saturated rings. The van der Waals surface area contributed by atoms with E-state index < -0.39 is 0 Å². The van der Waals surface area contributed by atoms with Gasteiger partial charge in [-0.05, 0) is 29.0 Å². The molecule has 13 heavy (non-hydrogen) atoms. The van der Waals surface area contributed by atoms with Gasteiger partial charge in [0.15, 0.2) is 11.6 Å². The van der Waals surface area contributed by atoms with Crippen LogP contribution in [0.1, 0.15) is 5.56 Å². The van der Waals surface area contributed by atoms with Crippen molar-refractivity contribution in [2.45, 2.75) is 6.54 Å². The molecule has 0 unspecified atom stereocenters. The highest BCUT2D eigenvalue weighted by molar-refractivity contribution is 9.10. The van der Waals surface area contributed by atoms with Gasteiger partial charge in [-0.2, -0.15) is 0 Å². The fraction of sp³-hybridized carbons (Fsp3) is 0.333. The van der Waals surface area contributed by atoms with Crippen molar-refractivity contribution >= 4 is 15.9 Å². The Morgan fingerprint density at radius 2 is 2.23 bits per heavy atom. The normalized spacial score (nSPS) is 10.2. The standard InChI is InChI=1S/C9H11BrFNO/c1-12-5-6-3-4-7(10)8(11)9(6)13-2/h3-4,12H,5H2,1-2H3. The van der Waals surface area contributed by atoms with Crippen molar-refractivity contribution in [3.05, 3.63) is 28.0 Å². The Balaban J connectivity index is 3.13. The van der Waals surface area contributed by atoms with Gasteiger partial charge in [0.2, 0.25) is 0 Å². The molecule has 0 saturated carbocycles. The van der Waals surface area contributed by atoms with Crippen LogP contribution in [0.5, 0.6) is 5.75 Å². The van der Waals surface area contributed by atoms with E-state index in [2.05, 4.69) is 21.2 Å². The van der Waals surface area contributed by atoms with Crippen LogP contribution in [0.2, 0.25) is 0 Å². The van der Waals surface area contributed by atoms with E-state index in [1.54, 1.807) is 13.1 Å². The van der Waals surface area contributed by atoms with Crippen LogP contribution in [0.3, 0.4) is 0 Å². The molecule has 0 aliphatic heterocycles. The fourth-order valence-corrected chi connectivity index (χ4v) is 1.43. The van der Waals surface area contributed by atoms with Gasteiger partial charge in [-0.25, -0.2) is 4.39 Å². The molecule has 0 heterocycles. The summed E-state index contributed by atoms with van der Waals surface area (Å²) >= 11 is 3.10. The third kappa shape index (κ3) is 2.19. The van der Waals surface area contributed by atoms with E-state index in [0.717, 1.165) is 5.56 Å². The van der Waals surface area contributed by atoms with Crippen molar-refractivity contribution in [2.75, 3.05) is 14.2 Å². The van der Waals surface area contributed by atoms with Crippen LogP contribution in [0, 0.1) is 5.82 Å². The van der Waals surface area contributed by atoms with Crippen molar-refractivity contribution < 1.29 is 9.13 Å². The summed E-state index contributed by atoms with van der Waals surface area (Å²) in [5, 5.41) is 2.94. The topological polar surface area (TPSA) is 21.3 Å². The number of benzene rings is 1. The Morgan fingerprint density at radius 3 is 2.77 bits per heavy atom. The van der Waals surface area contributed by atoms with Crippen molar-refractivity contribution in [3.8, 4) is 5.75 Å². The summed E-state index contributed by atoms with van der Waals surface area (Å²) in [6, 6.07) is 3.49. The molecule has 0 aromatic heterocycles. The number of hydrogen-bond acceptors (Lipinski definition) is 2. The summed E-state index contributed by atoms with van der Waals surface area (Å²) < 4.78 is 18.8. The maximum absolute atomic E-state index is 13.4. The Labute approximate surface area is 85.2 Å². The van der Waals surface area contributed by atoms with E-state index in [1.807, 2.05) is 6.07 Å². The first kappa shape index (κ1) is 10.5. The van der Waals surface area contributed by atoms with Crippen molar-refractivity contribution in [2.24, 2.45) is 0 Å². The van der Waals surface area contributed by atoms with Crippen LogP contribution in [-0.2, 0) is 6.54 Å². The monoisotopic (exact) mass is 247 g/mol. The zero-order valence-electron chi connectivity index (χ0n) is 7.53. The molecule has 0 amide bonds. The summed E-state index contributed by atoms with van der Waals surface area (Å²) in [5.41, 5.74) is 0.811. The summed E-state index contributed by atoms with van der Waals surface area (Å²) in [7, 11) is 3.27. The average Bonchev–Trinajstić information content (AvgIpc) is 2.12. The largest absolute Gasteiger partial charge is 0.493 e. The molecule has 0 saturated heterocycles. The van der Waals surface area contributed by atoms with Gasteiger partial charge in [0.05, 0.1) is 11.6 Å². The maximum Gasteiger partial charge on any atom is 0.179 e. The SMILES string of the molecule is CNCc1ccc(Br)c(F)c1OC. The van der Waals surface area contributed by atoms with Gasteiger partial charge in [-0.1, -0.05) is 6.07 Å². The summed E-state index contributed by atoms with van der Waals surface area (Å²) in [4.78, 5) is 0. The second-order valence-corrected chi connectivity index (χ2v) is 3.44. The van der Waals surface area contributed by atoms with E-state index in [-0.39, 0.29) is 5.82 Å². The van der Waals surface area contributed by atoms with Crippen molar-refractivity contribution in [3.63, 3.8) is 0 Å². The molecule has 0 aliphatic carbocycles. The van der Waals surface area contributed by atoms with Gasteiger partial charge in [0.1, 0.15) is 0 Å². The summed E-state index contributed by atoms with van der Waals surface area (Å²) in [6.07, 6.45) is 0. The lowest BCUT2D eigenvalue weighted by molar-refractivity contribution is 0.379. The molecule has 4 heteroatoms. The van der Waals surface area contributed by atoms with Gasteiger partial charge >= 0.3 is 0 Å². The zero-order valence-corrected chi connectivity index (χ0v) is 9.11. The minimum Gasteiger partial charge on any atom is -0.493 e. The fourth-order valence-electron chi connectivity index (χ4n) is 1.12. The number of rotatable bonds is 3. The van der Waals surface area contributed by atoms with Crippen LogP contribution in [0.4, 0.5) is 4.39 Å². The smallest absolute Gasteiger partial charge is 0.179 e. The molecule has 72 valence electrons. The minimum absolute atomic E-state index is 0.295. The second kappa shape index (κ2) is 4.58. The van der Waals surface area contributed by atoms with Gasteiger partial charge < -0.3 is 10.1 Å². The first-order valence-corrected chi connectivity index (χ1v) is 4.65. The van der Waals surface area contributed by atoms with Crippen molar-refractivity contribution in [1.82, 2.24) is 5.32 Å². The molecule has 0 aliphatic rings. The second-order valence-electron chi connectivity index (χ2n) is 2.58. The Kier molecular flexibility index (Phi) is 3.69. The van der Waals surface area contributed by atoms with E-state index in [1.165, 1.54) is 7.11 Å². The molecule has 0 atom stereocenters. The van der Waals surface area contributed by atoms with Crippen LogP contribution >= 0.6 is 15.9 Å². The van der Waals surface area contributed by atoms with E-state index in [9.17, 15) is 4.39 Å². The zero-order chi connectivity index (χ0) is 9.84. The van der Waals surface area contributed by atoms with Crippen LogP contribution < -0.4 is 10.1 Å². The van der Waals surface area contributed by atoms with E-state index >= 15 is 0 Å². The van der Waals surface area contributed by atoms with Gasteiger partial charge in [-0.15, -0.1) is 0 Å². The lowest BCUT2D eigenvalue weighted by Gasteiger charge is -2.09. The van der Waals surface area contributed by atoms with Crippen molar-refractivity contribution in [1.29, 1.82) is 0 Å². The van der Waals surface area contributed by atoms with E-state index in [0.29, 0.717) is 16.8 Å². The number of nitrogens with one attached hydrogen (secondary N) is 1. The predicted molar refractivity (Wildman–Crippen MR) is 53.4 cm³/mol.